The van der Waals surface area contributed by atoms with Gasteiger partial charge in [0.2, 0.25) is 0 Å². The van der Waals surface area contributed by atoms with Gasteiger partial charge in [0.05, 0.1) is 25.4 Å². The highest BCUT2D eigenvalue weighted by atomic mass is 16.5. The molecule has 234 valence electrons. The van der Waals surface area contributed by atoms with E-state index in [0.29, 0.717) is 30.7 Å². The normalized spacial score (nSPS) is 36.0. The van der Waals surface area contributed by atoms with Crippen molar-refractivity contribution < 1.29 is 9.47 Å². The summed E-state index contributed by atoms with van der Waals surface area (Å²) in [5.74, 6) is 4.63. The highest BCUT2D eigenvalue weighted by Gasteiger charge is 2.61. The molecule has 0 N–H and O–H groups in total. The van der Waals surface area contributed by atoms with Crippen molar-refractivity contribution in [2.45, 2.75) is 124 Å². The number of ether oxygens (including phenoxy) is 2. The molecule has 3 fully saturated rings. The summed E-state index contributed by atoms with van der Waals surface area (Å²) in [4.78, 5) is 0. The van der Waals surface area contributed by atoms with Crippen LogP contribution in [0.25, 0.3) is 0 Å². The van der Waals surface area contributed by atoms with Gasteiger partial charge in [0, 0.05) is 0 Å². The standard InChI is InChI=1S/C41H58O2/c1-29(2)13-12-14-30(3)35-19-20-36-39-37(22-24-41(35,36)5)40(4)23-21-34(42-27-31-15-8-6-9-16-31)25-33(40)26-38(39)43-28-32-17-10-7-11-18-32/h6-11,15-18,26,29-30,34-39H,12-14,19-25,27-28H2,1-5H3/t30-,34-,35-,36+,37+,38+,39+,40-,41+/m0/s1. The fourth-order valence-corrected chi connectivity index (χ4v) is 10.5. The molecule has 0 radical (unpaired) electrons. The van der Waals surface area contributed by atoms with E-state index in [1.807, 2.05) is 0 Å². The molecule has 43 heavy (non-hydrogen) atoms. The van der Waals surface area contributed by atoms with Gasteiger partial charge in [0.15, 0.2) is 0 Å². The van der Waals surface area contributed by atoms with Gasteiger partial charge in [-0.2, -0.15) is 0 Å². The van der Waals surface area contributed by atoms with Gasteiger partial charge < -0.3 is 9.47 Å². The monoisotopic (exact) mass is 582 g/mol. The summed E-state index contributed by atoms with van der Waals surface area (Å²) < 4.78 is 13.6. The number of fused-ring (bicyclic) bond motifs is 5. The van der Waals surface area contributed by atoms with Crippen LogP contribution in [0.3, 0.4) is 0 Å². The lowest BCUT2D eigenvalue weighted by Gasteiger charge is -2.60. The third-order valence-electron chi connectivity index (χ3n) is 12.9. The Hall–Kier alpha value is -1.90. The molecule has 0 unspecified atom stereocenters. The second kappa shape index (κ2) is 13.2. The van der Waals surface area contributed by atoms with E-state index in [1.54, 1.807) is 5.57 Å². The molecule has 2 heteroatoms. The Balaban J connectivity index is 1.24. The fourth-order valence-electron chi connectivity index (χ4n) is 10.5. The fraction of sp³-hybridized carbons (Fsp3) is 0.659. The number of hydrogen-bond acceptors (Lipinski definition) is 2. The topological polar surface area (TPSA) is 18.5 Å². The summed E-state index contributed by atoms with van der Waals surface area (Å²) in [6.07, 6.45) is 16.4. The number of hydrogen-bond donors (Lipinski definition) is 0. The minimum atomic E-state index is 0.209. The first-order chi connectivity index (χ1) is 20.8. The Bertz CT molecular complexity index is 1200. The third kappa shape index (κ3) is 6.44. The number of benzene rings is 2. The van der Waals surface area contributed by atoms with Crippen LogP contribution in [-0.2, 0) is 22.7 Å². The molecule has 2 nitrogen and oxygen atoms in total. The van der Waals surface area contributed by atoms with E-state index in [1.165, 1.54) is 68.9 Å². The highest BCUT2D eigenvalue weighted by Crippen LogP contribution is 2.67. The lowest BCUT2D eigenvalue weighted by molar-refractivity contribution is -0.121. The summed E-state index contributed by atoms with van der Waals surface area (Å²) >= 11 is 0. The van der Waals surface area contributed by atoms with Crippen LogP contribution in [0, 0.1) is 46.3 Å². The molecule has 2 aromatic rings. The largest absolute Gasteiger partial charge is 0.373 e. The molecule has 4 aliphatic carbocycles. The maximum Gasteiger partial charge on any atom is 0.0797 e. The van der Waals surface area contributed by atoms with E-state index >= 15 is 0 Å². The molecule has 9 atom stereocenters. The first-order valence-corrected chi connectivity index (χ1v) is 17.8. The average Bonchev–Trinajstić information content (AvgIpc) is 3.37. The van der Waals surface area contributed by atoms with Gasteiger partial charge in [-0.1, -0.05) is 126 Å². The lowest BCUT2D eigenvalue weighted by Crippen LogP contribution is -2.55. The summed E-state index contributed by atoms with van der Waals surface area (Å²) in [5.41, 5.74) is 4.94. The van der Waals surface area contributed by atoms with E-state index in [4.69, 9.17) is 9.47 Å². The van der Waals surface area contributed by atoms with Crippen LogP contribution in [0.5, 0.6) is 0 Å². The molecular weight excluding hydrogens is 524 g/mol. The van der Waals surface area contributed by atoms with Gasteiger partial charge in [0.1, 0.15) is 0 Å². The zero-order valence-corrected chi connectivity index (χ0v) is 27.8. The molecule has 0 bridgehead atoms. The Labute approximate surface area is 263 Å². The van der Waals surface area contributed by atoms with Crippen molar-refractivity contribution in [1.82, 2.24) is 0 Å². The Morgan fingerprint density at radius 2 is 1.42 bits per heavy atom. The van der Waals surface area contributed by atoms with E-state index in [-0.39, 0.29) is 11.5 Å². The van der Waals surface area contributed by atoms with Crippen molar-refractivity contribution >= 4 is 0 Å². The van der Waals surface area contributed by atoms with E-state index in [9.17, 15) is 0 Å². The SMILES string of the molecule is CC(C)CCC[C@H](C)[C@@H]1CC[C@@H]2[C@@H]3[C@@H](CC[C@@]21C)[C@@]1(C)CC[C@H](OCc2ccccc2)CC1=C[C@H]3OCc1ccccc1. The van der Waals surface area contributed by atoms with Gasteiger partial charge in [-0.25, -0.2) is 0 Å². The van der Waals surface area contributed by atoms with Crippen LogP contribution in [0.15, 0.2) is 72.3 Å². The van der Waals surface area contributed by atoms with Crippen LogP contribution in [-0.4, -0.2) is 12.2 Å². The minimum absolute atomic E-state index is 0.209. The molecule has 2 aromatic carbocycles. The van der Waals surface area contributed by atoms with Crippen molar-refractivity contribution in [3.05, 3.63) is 83.4 Å². The van der Waals surface area contributed by atoms with Gasteiger partial charge >= 0.3 is 0 Å². The van der Waals surface area contributed by atoms with Crippen molar-refractivity contribution in [3.63, 3.8) is 0 Å². The zero-order chi connectivity index (χ0) is 30.0. The van der Waals surface area contributed by atoms with Crippen LogP contribution in [0.1, 0.15) is 110 Å². The maximum atomic E-state index is 7.02. The summed E-state index contributed by atoms with van der Waals surface area (Å²) in [6, 6.07) is 21.5. The summed E-state index contributed by atoms with van der Waals surface area (Å²) in [6.45, 7) is 14.1. The highest BCUT2D eigenvalue weighted by molar-refractivity contribution is 5.28. The number of rotatable bonds is 11. The molecule has 0 heterocycles. The average molecular weight is 583 g/mol. The molecule has 0 amide bonds. The zero-order valence-electron chi connectivity index (χ0n) is 27.8. The van der Waals surface area contributed by atoms with Crippen LogP contribution in [0.4, 0.5) is 0 Å². The predicted molar refractivity (Wildman–Crippen MR) is 178 cm³/mol. The maximum absolute atomic E-state index is 7.02. The van der Waals surface area contributed by atoms with Gasteiger partial charge in [-0.05, 0) is 102 Å². The van der Waals surface area contributed by atoms with Crippen molar-refractivity contribution in [1.29, 1.82) is 0 Å². The Morgan fingerprint density at radius 1 is 0.744 bits per heavy atom. The lowest BCUT2D eigenvalue weighted by atomic mass is 9.46. The van der Waals surface area contributed by atoms with E-state index in [2.05, 4.69) is 101 Å². The molecule has 0 aromatic heterocycles. The predicted octanol–water partition coefficient (Wildman–Crippen LogP) is 10.8. The Morgan fingerprint density at radius 3 is 2.09 bits per heavy atom. The van der Waals surface area contributed by atoms with Gasteiger partial charge in [-0.3, -0.25) is 0 Å². The molecule has 0 spiro atoms. The molecule has 3 saturated carbocycles. The van der Waals surface area contributed by atoms with Crippen LogP contribution < -0.4 is 0 Å². The van der Waals surface area contributed by atoms with Crippen molar-refractivity contribution in [2.24, 2.45) is 46.3 Å². The minimum Gasteiger partial charge on any atom is -0.373 e. The van der Waals surface area contributed by atoms with E-state index in [0.717, 1.165) is 36.0 Å². The second-order valence-electron chi connectivity index (χ2n) is 15.9. The molecule has 0 saturated heterocycles. The van der Waals surface area contributed by atoms with Gasteiger partial charge in [-0.15, -0.1) is 0 Å². The smallest absolute Gasteiger partial charge is 0.0797 e. The first kappa shape index (κ1) is 31.1. The van der Waals surface area contributed by atoms with Crippen LogP contribution >= 0.6 is 0 Å². The molecular formula is C41H58O2. The molecule has 6 rings (SSSR count). The third-order valence-corrected chi connectivity index (χ3v) is 12.9. The summed E-state index contributed by atoms with van der Waals surface area (Å²) in [7, 11) is 0. The summed E-state index contributed by atoms with van der Waals surface area (Å²) in [5, 5.41) is 0. The molecule has 0 aliphatic heterocycles. The Kier molecular flexibility index (Phi) is 9.56. The second-order valence-corrected chi connectivity index (χ2v) is 15.9. The van der Waals surface area contributed by atoms with E-state index < -0.39 is 0 Å². The van der Waals surface area contributed by atoms with Gasteiger partial charge in [0.25, 0.3) is 0 Å². The molecule has 4 aliphatic rings. The first-order valence-electron chi connectivity index (χ1n) is 17.8. The quantitative estimate of drug-likeness (QED) is 0.245. The van der Waals surface area contributed by atoms with Crippen molar-refractivity contribution in [2.75, 3.05) is 0 Å². The van der Waals surface area contributed by atoms with Crippen molar-refractivity contribution in [3.8, 4) is 0 Å². The van der Waals surface area contributed by atoms with Crippen LogP contribution in [0.2, 0.25) is 0 Å².